The summed E-state index contributed by atoms with van der Waals surface area (Å²) < 4.78 is 14.2. The molecule has 0 unspecified atom stereocenters. The van der Waals surface area contributed by atoms with Crippen LogP contribution in [0.2, 0.25) is 0 Å². The number of hydrogen-bond acceptors (Lipinski definition) is 2. The normalized spacial score (nSPS) is 22.6. The molecular formula is C14H15BrFNO3. The van der Waals surface area contributed by atoms with Crippen molar-refractivity contribution >= 4 is 27.8 Å². The highest BCUT2D eigenvalue weighted by molar-refractivity contribution is 9.10. The second kappa shape index (κ2) is 5.91. The van der Waals surface area contributed by atoms with Gasteiger partial charge in [-0.25, -0.2) is 9.18 Å². The summed E-state index contributed by atoms with van der Waals surface area (Å²) >= 11 is 3.04. The van der Waals surface area contributed by atoms with Gasteiger partial charge in [-0.3, -0.25) is 4.79 Å². The highest BCUT2D eigenvalue weighted by Gasteiger charge is 2.37. The minimum Gasteiger partial charge on any atom is -0.480 e. The molecule has 1 amide bonds. The fourth-order valence-corrected chi connectivity index (χ4v) is 2.95. The zero-order valence-corrected chi connectivity index (χ0v) is 12.6. The third-order valence-corrected chi connectivity index (χ3v) is 4.22. The highest BCUT2D eigenvalue weighted by Crippen LogP contribution is 2.27. The molecule has 4 nitrogen and oxygen atoms in total. The summed E-state index contributed by atoms with van der Waals surface area (Å²) in [5.41, 5.74) is -0.0978. The van der Waals surface area contributed by atoms with Gasteiger partial charge < -0.3 is 10.0 Å². The lowest BCUT2D eigenvalue weighted by atomic mass is 9.95. The van der Waals surface area contributed by atoms with Gasteiger partial charge >= 0.3 is 5.97 Å². The molecule has 1 fully saturated rings. The lowest BCUT2D eigenvalue weighted by Crippen LogP contribution is -2.52. The molecule has 6 heteroatoms. The topological polar surface area (TPSA) is 57.6 Å². The molecule has 20 heavy (non-hydrogen) atoms. The van der Waals surface area contributed by atoms with Gasteiger partial charge in [-0.1, -0.05) is 6.07 Å². The average Bonchev–Trinajstić information content (AvgIpc) is 2.40. The largest absolute Gasteiger partial charge is 0.480 e. The fraction of sp³-hybridized carbons (Fsp3) is 0.429. The van der Waals surface area contributed by atoms with E-state index in [4.69, 9.17) is 0 Å². The van der Waals surface area contributed by atoms with E-state index < -0.39 is 23.7 Å². The third-order valence-electron chi connectivity index (χ3n) is 3.61. The summed E-state index contributed by atoms with van der Waals surface area (Å²) in [7, 11) is 0. The average molecular weight is 344 g/mol. The summed E-state index contributed by atoms with van der Waals surface area (Å²) in [6.07, 6.45) is 1.88. The molecule has 2 rings (SSSR count). The summed E-state index contributed by atoms with van der Waals surface area (Å²) in [4.78, 5) is 25.1. The van der Waals surface area contributed by atoms with Crippen molar-refractivity contribution in [2.24, 2.45) is 0 Å². The van der Waals surface area contributed by atoms with Crippen LogP contribution in [0.1, 0.15) is 36.5 Å². The van der Waals surface area contributed by atoms with Crippen molar-refractivity contribution in [2.75, 3.05) is 0 Å². The Kier molecular flexibility index (Phi) is 4.42. The molecule has 1 aromatic rings. The molecule has 1 aliphatic heterocycles. The number of carboxylic acids is 1. The van der Waals surface area contributed by atoms with Crippen LogP contribution in [0.15, 0.2) is 22.7 Å². The Labute approximate surface area is 124 Å². The van der Waals surface area contributed by atoms with E-state index in [2.05, 4.69) is 15.9 Å². The quantitative estimate of drug-likeness (QED) is 0.897. The summed E-state index contributed by atoms with van der Waals surface area (Å²) in [5.74, 6) is -2.26. The Balaban J connectivity index is 2.38. The molecule has 1 N–H and O–H groups in total. The number of amides is 1. The van der Waals surface area contributed by atoms with E-state index in [9.17, 15) is 19.1 Å². The minimum atomic E-state index is -1.04. The number of carbonyl (C=O) groups is 2. The molecule has 0 aromatic heterocycles. The van der Waals surface area contributed by atoms with Crippen LogP contribution >= 0.6 is 15.9 Å². The van der Waals surface area contributed by atoms with Gasteiger partial charge in [-0.2, -0.15) is 0 Å². The van der Waals surface area contributed by atoms with Crippen LogP contribution in [0.25, 0.3) is 0 Å². The van der Waals surface area contributed by atoms with Crippen LogP contribution in [0, 0.1) is 5.82 Å². The van der Waals surface area contributed by atoms with Crippen LogP contribution < -0.4 is 0 Å². The first-order chi connectivity index (χ1) is 9.43. The number of nitrogens with zero attached hydrogens (tertiary/aromatic N) is 1. The first kappa shape index (κ1) is 15.0. The predicted octanol–water partition coefficient (Wildman–Crippen LogP) is 3.06. The molecule has 0 aliphatic carbocycles. The molecular weight excluding hydrogens is 329 g/mol. The number of rotatable bonds is 2. The molecule has 0 spiro atoms. The molecule has 108 valence electrons. The molecule has 0 saturated carbocycles. The zero-order valence-electron chi connectivity index (χ0n) is 11.0. The van der Waals surface area contributed by atoms with Gasteiger partial charge in [-0.15, -0.1) is 0 Å². The number of likely N-dealkylation sites (tertiary alicyclic amines) is 1. The Bertz CT molecular complexity index is 549. The number of carbonyl (C=O) groups excluding carboxylic acids is 1. The van der Waals surface area contributed by atoms with E-state index >= 15 is 0 Å². The van der Waals surface area contributed by atoms with E-state index in [0.29, 0.717) is 6.42 Å². The molecule has 2 atom stereocenters. The minimum absolute atomic E-state index is 0.0978. The smallest absolute Gasteiger partial charge is 0.326 e. The Hall–Kier alpha value is -1.43. The second-order valence-corrected chi connectivity index (χ2v) is 5.80. The maximum atomic E-state index is 14.0. The second-order valence-electron chi connectivity index (χ2n) is 4.95. The van der Waals surface area contributed by atoms with Gasteiger partial charge in [0.25, 0.3) is 5.91 Å². The Morgan fingerprint density at radius 1 is 1.40 bits per heavy atom. The molecule has 1 heterocycles. The number of hydrogen-bond donors (Lipinski definition) is 1. The van der Waals surface area contributed by atoms with Crippen molar-refractivity contribution in [1.29, 1.82) is 0 Å². The number of carboxylic acid groups (broad SMARTS) is 1. The van der Waals surface area contributed by atoms with Crippen LogP contribution in [-0.2, 0) is 4.79 Å². The van der Waals surface area contributed by atoms with Gasteiger partial charge in [0.15, 0.2) is 0 Å². The molecule has 0 bridgehead atoms. The summed E-state index contributed by atoms with van der Waals surface area (Å²) in [6, 6.07) is 3.34. The highest BCUT2D eigenvalue weighted by atomic mass is 79.9. The molecule has 1 aliphatic rings. The molecule has 1 aromatic carbocycles. The SMILES string of the molecule is C[C@@H]1CCC[C@H](C(=O)O)N1C(=O)c1cccc(Br)c1F. The summed E-state index contributed by atoms with van der Waals surface area (Å²) in [6.45, 7) is 1.79. The van der Waals surface area contributed by atoms with Gasteiger partial charge in [0.1, 0.15) is 11.9 Å². The first-order valence-electron chi connectivity index (χ1n) is 6.43. The number of halogens is 2. The van der Waals surface area contributed by atoms with Gasteiger partial charge in [-0.05, 0) is 54.2 Å². The Morgan fingerprint density at radius 3 is 2.75 bits per heavy atom. The van der Waals surface area contributed by atoms with Crippen molar-refractivity contribution in [3.05, 3.63) is 34.1 Å². The monoisotopic (exact) mass is 343 g/mol. The fourth-order valence-electron chi connectivity index (χ4n) is 2.58. The van der Waals surface area contributed by atoms with Gasteiger partial charge in [0, 0.05) is 6.04 Å². The van der Waals surface area contributed by atoms with Crippen LogP contribution in [0.5, 0.6) is 0 Å². The summed E-state index contributed by atoms with van der Waals surface area (Å²) in [5, 5.41) is 9.25. The van der Waals surface area contributed by atoms with Crippen LogP contribution in [0.3, 0.4) is 0 Å². The van der Waals surface area contributed by atoms with Crippen molar-refractivity contribution in [2.45, 2.75) is 38.3 Å². The molecule has 1 saturated heterocycles. The van der Waals surface area contributed by atoms with Crippen molar-refractivity contribution in [3.8, 4) is 0 Å². The van der Waals surface area contributed by atoms with E-state index in [0.717, 1.165) is 12.8 Å². The molecule has 0 radical (unpaired) electrons. The van der Waals surface area contributed by atoms with Crippen LogP contribution in [0.4, 0.5) is 4.39 Å². The lowest BCUT2D eigenvalue weighted by molar-refractivity contribution is -0.144. The van der Waals surface area contributed by atoms with Crippen LogP contribution in [-0.4, -0.2) is 34.0 Å². The van der Waals surface area contributed by atoms with Crippen molar-refractivity contribution < 1.29 is 19.1 Å². The zero-order chi connectivity index (χ0) is 14.9. The number of piperidine rings is 1. The predicted molar refractivity (Wildman–Crippen MR) is 75.0 cm³/mol. The lowest BCUT2D eigenvalue weighted by Gasteiger charge is -2.38. The van der Waals surface area contributed by atoms with Gasteiger partial charge in [0.05, 0.1) is 10.0 Å². The third kappa shape index (κ3) is 2.70. The van der Waals surface area contributed by atoms with E-state index in [1.807, 2.05) is 0 Å². The van der Waals surface area contributed by atoms with E-state index in [-0.39, 0.29) is 16.1 Å². The van der Waals surface area contributed by atoms with Crippen molar-refractivity contribution in [3.63, 3.8) is 0 Å². The number of benzene rings is 1. The maximum Gasteiger partial charge on any atom is 0.326 e. The van der Waals surface area contributed by atoms with E-state index in [1.54, 1.807) is 13.0 Å². The van der Waals surface area contributed by atoms with E-state index in [1.165, 1.54) is 17.0 Å². The van der Waals surface area contributed by atoms with Gasteiger partial charge in [0.2, 0.25) is 0 Å². The number of aliphatic carboxylic acids is 1. The first-order valence-corrected chi connectivity index (χ1v) is 7.22. The standard InChI is InChI=1S/C14H15BrFNO3/c1-8-4-2-7-11(14(19)20)17(8)13(18)9-5-3-6-10(15)12(9)16/h3,5-6,8,11H,2,4,7H2,1H3,(H,19,20)/t8-,11-/m1/s1. The Morgan fingerprint density at radius 2 is 2.10 bits per heavy atom. The maximum absolute atomic E-state index is 14.0. The van der Waals surface area contributed by atoms with Crippen molar-refractivity contribution in [1.82, 2.24) is 4.90 Å².